The van der Waals surface area contributed by atoms with Gasteiger partial charge in [0.05, 0.1) is 6.33 Å². The lowest BCUT2D eigenvalue weighted by atomic mass is 10.1. The predicted molar refractivity (Wildman–Crippen MR) is 61.0 cm³/mol. The number of anilines is 1. The highest BCUT2D eigenvalue weighted by molar-refractivity contribution is 5.81. The van der Waals surface area contributed by atoms with Gasteiger partial charge in [0, 0.05) is 13.2 Å². The first-order valence-corrected chi connectivity index (χ1v) is 5.30. The lowest BCUT2D eigenvalue weighted by Crippen LogP contribution is -2.10. The lowest BCUT2D eigenvalue weighted by Gasteiger charge is -2.09. The Kier molecular flexibility index (Phi) is 3.31. The predicted octanol–water partition coefficient (Wildman–Crippen LogP) is 0.783. The largest absolute Gasteiger partial charge is 0.396 e. The van der Waals surface area contributed by atoms with Crippen molar-refractivity contribution in [3.8, 4) is 0 Å². The van der Waals surface area contributed by atoms with Crippen LogP contribution in [0.1, 0.15) is 13.3 Å². The van der Waals surface area contributed by atoms with Crippen molar-refractivity contribution >= 4 is 17.0 Å². The van der Waals surface area contributed by atoms with Crippen LogP contribution in [0.3, 0.4) is 0 Å². The summed E-state index contributed by atoms with van der Waals surface area (Å²) in [5.41, 5.74) is 1.48. The van der Waals surface area contributed by atoms with Crippen LogP contribution in [0.5, 0.6) is 0 Å². The molecule has 2 aromatic heterocycles. The van der Waals surface area contributed by atoms with E-state index in [1.807, 2.05) is 6.92 Å². The second kappa shape index (κ2) is 4.89. The van der Waals surface area contributed by atoms with Gasteiger partial charge in [0.25, 0.3) is 0 Å². The molecule has 3 N–H and O–H groups in total. The first kappa shape index (κ1) is 10.8. The molecule has 0 aliphatic carbocycles. The maximum Gasteiger partial charge on any atom is 0.182 e. The third kappa shape index (κ3) is 2.27. The van der Waals surface area contributed by atoms with E-state index in [0.29, 0.717) is 11.6 Å². The molecule has 6 heteroatoms. The SMILES string of the molecule is C[C@H](CO)CCNc1ncnc2nc[nH]c12. The third-order valence-corrected chi connectivity index (χ3v) is 2.46. The number of aliphatic hydroxyl groups is 1. The van der Waals surface area contributed by atoms with Crippen LogP contribution in [0.2, 0.25) is 0 Å². The summed E-state index contributed by atoms with van der Waals surface area (Å²) in [6, 6.07) is 0. The van der Waals surface area contributed by atoms with Gasteiger partial charge in [-0.2, -0.15) is 0 Å². The zero-order valence-corrected chi connectivity index (χ0v) is 9.14. The summed E-state index contributed by atoms with van der Waals surface area (Å²) in [5, 5.41) is 12.1. The van der Waals surface area contributed by atoms with Crippen LogP contribution < -0.4 is 5.32 Å². The number of imidazole rings is 1. The Balaban J connectivity index is 2.01. The summed E-state index contributed by atoms with van der Waals surface area (Å²) in [7, 11) is 0. The molecule has 2 heterocycles. The molecule has 0 radical (unpaired) electrons. The normalized spacial score (nSPS) is 12.9. The number of H-pyrrole nitrogens is 1. The quantitative estimate of drug-likeness (QED) is 0.694. The minimum absolute atomic E-state index is 0.213. The zero-order chi connectivity index (χ0) is 11.4. The van der Waals surface area contributed by atoms with Crippen molar-refractivity contribution in [2.24, 2.45) is 5.92 Å². The minimum Gasteiger partial charge on any atom is -0.396 e. The number of hydrogen-bond acceptors (Lipinski definition) is 5. The van der Waals surface area contributed by atoms with E-state index in [-0.39, 0.29) is 6.61 Å². The fraction of sp³-hybridized carbons (Fsp3) is 0.500. The van der Waals surface area contributed by atoms with Crippen LogP contribution in [-0.2, 0) is 0 Å². The Morgan fingerprint density at radius 3 is 3.12 bits per heavy atom. The molecular formula is C10H15N5O. The molecule has 6 nitrogen and oxygen atoms in total. The van der Waals surface area contributed by atoms with E-state index in [0.717, 1.165) is 24.3 Å². The second-order valence-electron chi connectivity index (χ2n) is 3.83. The van der Waals surface area contributed by atoms with Gasteiger partial charge in [-0.25, -0.2) is 15.0 Å². The van der Waals surface area contributed by atoms with E-state index in [9.17, 15) is 0 Å². The molecule has 0 aliphatic rings. The Hall–Kier alpha value is -1.69. The van der Waals surface area contributed by atoms with Crippen LogP contribution >= 0.6 is 0 Å². The molecule has 0 bridgehead atoms. The fourth-order valence-electron chi connectivity index (χ4n) is 1.43. The molecule has 0 unspecified atom stereocenters. The topological polar surface area (TPSA) is 86.7 Å². The molecule has 0 saturated heterocycles. The van der Waals surface area contributed by atoms with Gasteiger partial charge in [-0.05, 0) is 12.3 Å². The molecule has 0 aromatic carbocycles. The minimum atomic E-state index is 0.213. The Bertz CT molecular complexity index is 455. The summed E-state index contributed by atoms with van der Waals surface area (Å²) in [6.45, 7) is 2.99. The first-order valence-electron chi connectivity index (χ1n) is 5.30. The molecule has 0 aliphatic heterocycles. The van der Waals surface area contributed by atoms with E-state index in [1.165, 1.54) is 6.33 Å². The average molecular weight is 221 g/mol. The lowest BCUT2D eigenvalue weighted by molar-refractivity contribution is 0.233. The summed E-state index contributed by atoms with van der Waals surface area (Å²) in [4.78, 5) is 15.2. The molecule has 0 amide bonds. The highest BCUT2D eigenvalue weighted by atomic mass is 16.3. The van der Waals surface area contributed by atoms with E-state index >= 15 is 0 Å². The monoisotopic (exact) mass is 221 g/mol. The van der Waals surface area contributed by atoms with E-state index in [4.69, 9.17) is 5.11 Å². The Morgan fingerprint density at radius 2 is 2.31 bits per heavy atom. The highest BCUT2D eigenvalue weighted by Gasteiger charge is 2.05. The number of rotatable bonds is 5. The van der Waals surface area contributed by atoms with Gasteiger partial charge < -0.3 is 15.4 Å². The zero-order valence-electron chi connectivity index (χ0n) is 9.14. The summed E-state index contributed by atoms with van der Waals surface area (Å²) < 4.78 is 0. The second-order valence-corrected chi connectivity index (χ2v) is 3.83. The van der Waals surface area contributed by atoms with Crippen molar-refractivity contribution < 1.29 is 5.11 Å². The van der Waals surface area contributed by atoms with Gasteiger partial charge in [0.2, 0.25) is 0 Å². The first-order chi connectivity index (χ1) is 7.81. The van der Waals surface area contributed by atoms with Crippen molar-refractivity contribution in [3.63, 3.8) is 0 Å². The number of nitrogens with zero attached hydrogens (tertiary/aromatic N) is 3. The fourth-order valence-corrected chi connectivity index (χ4v) is 1.43. The van der Waals surface area contributed by atoms with E-state index in [2.05, 4.69) is 25.3 Å². The van der Waals surface area contributed by atoms with Crippen molar-refractivity contribution in [3.05, 3.63) is 12.7 Å². The van der Waals surface area contributed by atoms with Crippen LogP contribution in [0, 0.1) is 5.92 Å². The third-order valence-electron chi connectivity index (χ3n) is 2.46. The molecule has 1 atom stereocenters. The van der Waals surface area contributed by atoms with Gasteiger partial charge in [0.15, 0.2) is 11.5 Å². The maximum absolute atomic E-state index is 8.90. The van der Waals surface area contributed by atoms with Crippen molar-refractivity contribution in [2.45, 2.75) is 13.3 Å². The Morgan fingerprint density at radius 1 is 1.44 bits per heavy atom. The van der Waals surface area contributed by atoms with Crippen molar-refractivity contribution in [1.82, 2.24) is 19.9 Å². The summed E-state index contributed by atoms with van der Waals surface area (Å²) in [6.07, 6.45) is 3.98. The van der Waals surface area contributed by atoms with Crippen molar-refractivity contribution in [2.75, 3.05) is 18.5 Å². The van der Waals surface area contributed by atoms with Crippen LogP contribution in [-0.4, -0.2) is 38.2 Å². The van der Waals surface area contributed by atoms with Gasteiger partial charge in [-0.15, -0.1) is 0 Å². The van der Waals surface area contributed by atoms with Gasteiger partial charge in [0.1, 0.15) is 11.8 Å². The number of aromatic amines is 1. The number of hydrogen-bond donors (Lipinski definition) is 3. The van der Waals surface area contributed by atoms with Crippen molar-refractivity contribution in [1.29, 1.82) is 0 Å². The molecule has 86 valence electrons. The highest BCUT2D eigenvalue weighted by Crippen LogP contribution is 2.14. The molecule has 16 heavy (non-hydrogen) atoms. The standard InChI is InChI=1S/C10H15N5O/c1-7(4-16)2-3-11-9-8-10(13-5-12-8)15-6-14-9/h5-7,16H,2-4H2,1H3,(H2,11,12,13,14,15)/t7-/m0/s1. The molecule has 2 rings (SSSR count). The Labute approximate surface area is 93.1 Å². The van der Waals surface area contributed by atoms with Crippen LogP contribution in [0.4, 0.5) is 5.82 Å². The molecule has 0 spiro atoms. The maximum atomic E-state index is 8.90. The van der Waals surface area contributed by atoms with Crippen LogP contribution in [0.15, 0.2) is 12.7 Å². The van der Waals surface area contributed by atoms with E-state index in [1.54, 1.807) is 6.33 Å². The molecule has 2 aromatic rings. The molecule has 0 saturated carbocycles. The molecular weight excluding hydrogens is 206 g/mol. The van der Waals surface area contributed by atoms with Gasteiger partial charge in [-0.3, -0.25) is 0 Å². The number of nitrogens with one attached hydrogen (secondary N) is 2. The number of aliphatic hydroxyl groups excluding tert-OH is 1. The summed E-state index contributed by atoms with van der Waals surface area (Å²) >= 11 is 0. The number of aromatic nitrogens is 4. The average Bonchev–Trinajstić information content (AvgIpc) is 2.77. The molecule has 0 fully saturated rings. The van der Waals surface area contributed by atoms with Gasteiger partial charge >= 0.3 is 0 Å². The van der Waals surface area contributed by atoms with Crippen LogP contribution in [0.25, 0.3) is 11.2 Å². The smallest absolute Gasteiger partial charge is 0.182 e. The number of fused-ring (bicyclic) bond motifs is 1. The summed E-state index contributed by atoms with van der Waals surface area (Å²) in [5.74, 6) is 1.05. The van der Waals surface area contributed by atoms with Gasteiger partial charge in [-0.1, -0.05) is 6.92 Å². The van der Waals surface area contributed by atoms with E-state index < -0.39 is 0 Å².